The highest BCUT2D eigenvalue weighted by Crippen LogP contribution is 2.28. The first kappa shape index (κ1) is 14.7. The summed E-state index contributed by atoms with van der Waals surface area (Å²) in [7, 11) is 0. The number of carbonyl (C=O) groups is 1. The Bertz CT molecular complexity index is 515. The number of nitro groups is 1. The fourth-order valence-corrected chi connectivity index (χ4v) is 2.44. The molecule has 1 fully saturated rings. The number of ether oxygens (including phenoxy) is 1. The number of nitro benzene ring substituents is 1. The number of para-hydroxylation sites is 1. The second kappa shape index (κ2) is 6.67. The summed E-state index contributed by atoms with van der Waals surface area (Å²) in [6, 6.07) is 4.30. The lowest BCUT2D eigenvalue weighted by Crippen LogP contribution is -2.27. The number of carbonyl (C=O) groups excluding carboxylic acids is 1. The van der Waals surface area contributed by atoms with E-state index in [4.69, 9.17) is 16.3 Å². The second-order valence-corrected chi connectivity index (χ2v) is 4.98. The molecule has 0 spiro atoms. The molecule has 7 heteroatoms. The minimum Gasteiger partial charge on any atom is -0.378 e. The van der Waals surface area contributed by atoms with Crippen LogP contribution in [0.3, 0.4) is 0 Å². The van der Waals surface area contributed by atoms with Crippen LogP contribution in [0.25, 0.3) is 0 Å². The summed E-state index contributed by atoms with van der Waals surface area (Å²) in [6.45, 7) is 1.19. The third-order valence-corrected chi connectivity index (χ3v) is 3.49. The Kier molecular flexibility index (Phi) is 4.92. The molecule has 108 valence electrons. The topological polar surface area (TPSA) is 81.5 Å². The van der Waals surface area contributed by atoms with Crippen molar-refractivity contribution in [3.05, 3.63) is 38.9 Å². The first-order valence-electron chi connectivity index (χ1n) is 6.42. The lowest BCUT2D eigenvalue weighted by molar-refractivity contribution is -0.385. The number of benzene rings is 1. The van der Waals surface area contributed by atoms with Crippen molar-refractivity contribution in [3.8, 4) is 0 Å². The lowest BCUT2D eigenvalue weighted by Gasteiger charge is -2.10. The number of amides is 1. The number of nitrogens with one attached hydrogen (secondary N) is 1. The molecule has 1 N–H and O–H groups in total. The number of halogens is 1. The standard InChI is InChI=1S/C13H15ClN2O4/c14-11-5-1-4-10(12(11)16(18)19)13(17)15-7-6-9-3-2-8-20-9/h1,4-5,9H,2-3,6-8H2,(H,15,17). The first-order chi connectivity index (χ1) is 9.59. The molecule has 1 aliphatic rings. The maximum Gasteiger partial charge on any atom is 0.300 e. The van der Waals surface area contributed by atoms with Crippen LogP contribution >= 0.6 is 11.6 Å². The van der Waals surface area contributed by atoms with Gasteiger partial charge in [-0.05, 0) is 31.4 Å². The molecule has 0 radical (unpaired) electrons. The van der Waals surface area contributed by atoms with E-state index in [1.165, 1.54) is 18.2 Å². The normalized spacial score (nSPS) is 17.9. The SMILES string of the molecule is O=C(NCCC1CCCO1)c1cccc(Cl)c1[N+](=O)[O-]. The van der Waals surface area contributed by atoms with Crippen molar-refractivity contribution in [1.82, 2.24) is 5.32 Å². The van der Waals surface area contributed by atoms with Gasteiger partial charge in [0, 0.05) is 13.2 Å². The molecule has 0 aliphatic carbocycles. The second-order valence-electron chi connectivity index (χ2n) is 4.57. The molecule has 1 heterocycles. The summed E-state index contributed by atoms with van der Waals surface area (Å²) in [5.41, 5.74) is -0.376. The molecule has 6 nitrogen and oxygen atoms in total. The van der Waals surface area contributed by atoms with Gasteiger partial charge in [-0.3, -0.25) is 14.9 Å². The van der Waals surface area contributed by atoms with Gasteiger partial charge in [-0.2, -0.15) is 0 Å². The Labute approximate surface area is 121 Å². The van der Waals surface area contributed by atoms with Gasteiger partial charge in [0.1, 0.15) is 10.6 Å². The molecule has 1 amide bonds. The molecule has 2 rings (SSSR count). The summed E-state index contributed by atoms with van der Waals surface area (Å²) in [6.07, 6.45) is 2.91. The number of rotatable bonds is 5. The van der Waals surface area contributed by atoms with E-state index >= 15 is 0 Å². The van der Waals surface area contributed by atoms with Crippen LogP contribution in [-0.2, 0) is 4.74 Å². The smallest absolute Gasteiger partial charge is 0.300 e. The van der Waals surface area contributed by atoms with Gasteiger partial charge in [-0.25, -0.2) is 0 Å². The highest BCUT2D eigenvalue weighted by Gasteiger charge is 2.23. The molecule has 20 heavy (non-hydrogen) atoms. The van der Waals surface area contributed by atoms with E-state index in [-0.39, 0.29) is 22.4 Å². The van der Waals surface area contributed by atoms with Gasteiger partial charge < -0.3 is 10.1 Å². The fourth-order valence-electron chi connectivity index (χ4n) is 2.20. The number of hydrogen-bond donors (Lipinski definition) is 1. The molecule has 1 atom stereocenters. The Morgan fingerprint density at radius 3 is 3.00 bits per heavy atom. The van der Waals surface area contributed by atoms with Crippen molar-refractivity contribution in [1.29, 1.82) is 0 Å². The fraction of sp³-hybridized carbons (Fsp3) is 0.462. The molecule has 1 aromatic carbocycles. The van der Waals surface area contributed by atoms with Crippen molar-refractivity contribution in [2.45, 2.75) is 25.4 Å². The van der Waals surface area contributed by atoms with Crippen LogP contribution in [0.1, 0.15) is 29.6 Å². The third-order valence-electron chi connectivity index (χ3n) is 3.19. The van der Waals surface area contributed by atoms with Gasteiger partial charge in [0.25, 0.3) is 5.91 Å². The molecular formula is C13H15ClN2O4. The maximum absolute atomic E-state index is 12.0. The van der Waals surface area contributed by atoms with Crippen molar-refractivity contribution < 1.29 is 14.5 Å². The van der Waals surface area contributed by atoms with E-state index in [0.29, 0.717) is 13.0 Å². The van der Waals surface area contributed by atoms with Gasteiger partial charge in [0.2, 0.25) is 0 Å². The molecule has 1 aliphatic heterocycles. The van der Waals surface area contributed by atoms with E-state index in [2.05, 4.69) is 5.32 Å². The Balaban J connectivity index is 1.98. The zero-order valence-corrected chi connectivity index (χ0v) is 11.6. The zero-order valence-electron chi connectivity index (χ0n) is 10.8. The molecule has 0 bridgehead atoms. The Hall–Kier alpha value is -1.66. The summed E-state index contributed by atoms with van der Waals surface area (Å²) in [4.78, 5) is 22.3. The average Bonchev–Trinajstić information content (AvgIpc) is 2.91. The predicted octanol–water partition coefficient (Wildman–Crippen LogP) is 2.55. The number of nitrogens with zero attached hydrogens (tertiary/aromatic N) is 1. The van der Waals surface area contributed by atoms with Crippen molar-refractivity contribution >= 4 is 23.2 Å². The van der Waals surface area contributed by atoms with Crippen LogP contribution in [0.4, 0.5) is 5.69 Å². The lowest BCUT2D eigenvalue weighted by atomic mass is 10.1. The van der Waals surface area contributed by atoms with Gasteiger partial charge in [-0.1, -0.05) is 17.7 Å². The van der Waals surface area contributed by atoms with E-state index in [1.54, 1.807) is 0 Å². The molecule has 1 aromatic rings. The molecule has 1 unspecified atom stereocenters. The minimum absolute atomic E-state index is 0.0187. The summed E-state index contributed by atoms with van der Waals surface area (Å²) >= 11 is 5.76. The van der Waals surface area contributed by atoms with Crippen molar-refractivity contribution in [2.24, 2.45) is 0 Å². The van der Waals surface area contributed by atoms with Gasteiger partial charge in [0.15, 0.2) is 0 Å². The highest BCUT2D eigenvalue weighted by atomic mass is 35.5. The zero-order chi connectivity index (χ0) is 14.5. The molecule has 0 aromatic heterocycles. The molecule has 1 saturated heterocycles. The highest BCUT2D eigenvalue weighted by molar-refractivity contribution is 6.33. The van der Waals surface area contributed by atoms with Crippen LogP contribution in [-0.4, -0.2) is 30.1 Å². The van der Waals surface area contributed by atoms with Crippen molar-refractivity contribution in [2.75, 3.05) is 13.2 Å². The Morgan fingerprint density at radius 2 is 2.35 bits per heavy atom. The van der Waals surface area contributed by atoms with Crippen LogP contribution in [0, 0.1) is 10.1 Å². The van der Waals surface area contributed by atoms with Crippen LogP contribution in [0.5, 0.6) is 0 Å². The molecular weight excluding hydrogens is 284 g/mol. The minimum atomic E-state index is -0.642. The maximum atomic E-state index is 12.0. The largest absolute Gasteiger partial charge is 0.378 e. The van der Waals surface area contributed by atoms with Crippen LogP contribution in [0.2, 0.25) is 5.02 Å². The summed E-state index contributed by atoms with van der Waals surface area (Å²) < 4.78 is 5.44. The monoisotopic (exact) mass is 298 g/mol. The van der Waals surface area contributed by atoms with E-state index in [1.807, 2.05) is 0 Å². The quantitative estimate of drug-likeness (QED) is 0.669. The van der Waals surface area contributed by atoms with E-state index < -0.39 is 10.8 Å². The third kappa shape index (κ3) is 3.46. The van der Waals surface area contributed by atoms with E-state index in [0.717, 1.165) is 19.4 Å². The van der Waals surface area contributed by atoms with Gasteiger partial charge in [0.05, 0.1) is 11.0 Å². The van der Waals surface area contributed by atoms with Crippen molar-refractivity contribution in [3.63, 3.8) is 0 Å². The van der Waals surface area contributed by atoms with Gasteiger partial charge in [-0.15, -0.1) is 0 Å². The molecule has 0 saturated carbocycles. The van der Waals surface area contributed by atoms with Gasteiger partial charge >= 0.3 is 5.69 Å². The van der Waals surface area contributed by atoms with Crippen LogP contribution in [0.15, 0.2) is 18.2 Å². The first-order valence-corrected chi connectivity index (χ1v) is 6.80. The summed E-state index contributed by atoms with van der Waals surface area (Å²) in [5.74, 6) is -0.489. The summed E-state index contributed by atoms with van der Waals surface area (Å²) in [5, 5.41) is 13.6. The predicted molar refractivity (Wildman–Crippen MR) is 74.0 cm³/mol. The Morgan fingerprint density at radius 1 is 1.55 bits per heavy atom. The van der Waals surface area contributed by atoms with Crippen LogP contribution < -0.4 is 5.32 Å². The number of hydrogen-bond acceptors (Lipinski definition) is 4. The van der Waals surface area contributed by atoms with E-state index in [9.17, 15) is 14.9 Å². The average molecular weight is 299 g/mol.